The first-order valence-corrected chi connectivity index (χ1v) is 6.03. The lowest BCUT2D eigenvalue weighted by Gasteiger charge is -2.07. The Hall–Kier alpha value is -1.91. The van der Waals surface area contributed by atoms with Crippen LogP contribution in [0.25, 0.3) is 0 Å². The summed E-state index contributed by atoms with van der Waals surface area (Å²) < 4.78 is 13.6. The van der Waals surface area contributed by atoms with Gasteiger partial charge in [-0.3, -0.25) is 4.79 Å². The number of hydrogen-bond acceptors (Lipinski definition) is 2. The monoisotopic (exact) mass is 278 g/mol. The molecule has 0 spiro atoms. The van der Waals surface area contributed by atoms with Crippen molar-refractivity contribution in [1.29, 1.82) is 0 Å². The number of amides is 1. The zero-order valence-electron chi connectivity index (χ0n) is 9.99. The van der Waals surface area contributed by atoms with Crippen molar-refractivity contribution >= 4 is 23.2 Å². The van der Waals surface area contributed by atoms with Crippen LogP contribution >= 0.6 is 11.6 Å². The van der Waals surface area contributed by atoms with Crippen LogP contribution in [0.15, 0.2) is 42.5 Å². The van der Waals surface area contributed by atoms with E-state index in [0.717, 1.165) is 11.6 Å². The third-order valence-corrected chi connectivity index (χ3v) is 2.83. The quantitative estimate of drug-likeness (QED) is 0.906. The number of carbonyl (C=O) groups excluding carboxylic acids is 1. The molecule has 2 aromatic carbocycles. The average molecular weight is 279 g/mol. The van der Waals surface area contributed by atoms with Gasteiger partial charge in [0.05, 0.1) is 5.56 Å². The molecule has 0 radical (unpaired) electrons. The van der Waals surface area contributed by atoms with Crippen LogP contribution in [0.5, 0.6) is 0 Å². The molecule has 0 fully saturated rings. The minimum absolute atomic E-state index is 0.0532. The van der Waals surface area contributed by atoms with Crippen molar-refractivity contribution in [3.05, 3.63) is 64.4 Å². The third kappa shape index (κ3) is 3.30. The van der Waals surface area contributed by atoms with Crippen LogP contribution in [0.4, 0.5) is 10.1 Å². The van der Waals surface area contributed by atoms with E-state index in [1.165, 1.54) is 12.1 Å². The molecule has 3 N–H and O–H groups in total. The van der Waals surface area contributed by atoms with Crippen LogP contribution < -0.4 is 11.1 Å². The van der Waals surface area contributed by atoms with E-state index in [4.69, 9.17) is 17.3 Å². The molecule has 5 heteroatoms. The van der Waals surface area contributed by atoms with Crippen LogP contribution in [-0.2, 0) is 6.54 Å². The minimum Gasteiger partial charge on any atom is -0.326 e. The van der Waals surface area contributed by atoms with Crippen molar-refractivity contribution < 1.29 is 9.18 Å². The second-order valence-corrected chi connectivity index (χ2v) is 4.42. The van der Waals surface area contributed by atoms with Crippen LogP contribution in [0, 0.1) is 5.82 Å². The standard InChI is InChI=1S/C14H12ClFN2O/c15-10-4-5-12(13(16)7-10)14(19)18-11-3-1-2-9(6-11)8-17/h1-7H,8,17H2,(H,18,19). The Balaban J connectivity index is 2.20. The summed E-state index contributed by atoms with van der Waals surface area (Å²) >= 11 is 5.64. The molecule has 2 rings (SSSR count). The molecular formula is C14H12ClFN2O. The van der Waals surface area contributed by atoms with E-state index >= 15 is 0 Å². The molecule has 0 aliphatic rings. The molecule has 0 aromatic heterocycles. The van der Waals surface area contributed by atoms with Gasteiger partial charge in [-0.15, -0.1) is 0 Å². The molecular weight excluding hydrogens is 267 g/mol. The fourth-order valence-electron chi connectivity index (χ4n) is 1.65. The van der Waals surface area contributed by atoms with Gasteiger partial charge in [-0.2, -0.15) is 0 Å². The van der Waals surface area contributed by atoms with Gasteiger partial charge in [-0.1, -0.05) is 23.7 Å². The van der Waals surface area contributed by atoms with Gasteiger partial charge in [0.25, 0.3) is 5.91 Å². The van der Waals surface area contributed by atoms with Crippen LogP contribution in [0.2, 0.25) is 5.02 Å². The van der Waals surface area contributed by atoms with Gasteiger partial charge in [0.2, 0.25) is 0 Å². The predicted octanol–water partition coefficient (Wildman–Crippen LogP) is 3.19. The van der Waals surface area contributed by atoms with Crippen molar-refractivity contribution in [2.24, 2.45) is 5.73 Å². The van der Waals surface area contributed by atoms with Crippen LogP contribution in [0.3, 0.4) is 0 Å². The third-order valence-electron chi connectivity index (χ3n) is 2.60. The topological polar surface area (TPSA) is 55.1 Å². The van der Waals surface area contributed by atoms with E-state index in [0.29, 0.717) is 12.2 Å². The Bertz CT molecular complexity index is 616. The molecule has 0 unspecified atom stereocenters. The van der Waals surface area contributed by atoms with Crippen molar-refractivity contribution in [2.45, 2.75) is 6.54 Å². The minimum atomic E-state index is -0.653. The van der Waals surface area contributed by atoms with E-state index in [9.17, 15) is 9.18 Å². The number of halogens is 2. The molecule has 98 valence electrons. The van der Waals surface area contributed by atoms with Crippen molar-refractivity contribution in [3.63, 3.8) is 0 Å². The summed E-state index contributed by atoms with van der Waals surface area (Å²) in [7, 11) is 0. The summed E-state index contributed by atoms with van der Waals surface area (Å²) in [6, 6.07) is 11.0. The maximum atomic E-state index is 13.6. The molecule has 1 amide bonds. The highest BCUT2D eigenvalue weighted by molar-refractivity contribution is 6.30. The number of rotatable bonds is 3. The first-order valence-electron chi connectivity index (χ1n) is 5.65. The van der Waals surface area contributed by atoms with Gasteiger partial charge >= 0.3 is 0 Å². The summed E-state index contributed by atoms with van der Waals surface area (Å²) in [5.74, 6) is -1.18. The molecule has 0 bridgehead atoms. The van der Waals surface area contributed by atoms with E-state index < -0.39 is 11.7 Å². The van der Waals surface area contributed by atoms with Gasteiger partial charge in [0.15, 0.2) is 0 Å². The SMILES string of the molecule is NCc1cccc(NC(=O)c2ccc(Cl)cc2F)c1. The lowest BCUT2D eigenvalue weighted by atomic mass is 10.1. The summed E-state index contributed by atoms with van der Waals surface area (Å²) in [5, 5.41) is 2.86. The smallest absolute Gasteiger partial charge is 0.258 e. The first-order chi connectivity index (χ1) is 9.10. The average Bonchev–Trinajstić information content (AvgIpc) is 2.38. The lowest BCUT2D eigenvalue weighted by Crippen LogP contribution is -2.14. The number of nitrogens with one attached hydrogen (secondary N) is 1. The Morgan fingerprint density at radius 3 is 2.74 bits per heavy atom. The Labute approximate surface area is 115 Å². The number of anilines is 1. The maximum absolute atomic E-state index is 13.6. The fraction of sp³-hybridized carbons (Fsp3) is 0.0714. The summed E-state index contributed by atoms with van der Waals surface area (Å²) in [6.07, 6.45) is 0. The summed E-state index contributed by atoms with van der Waals surface area (Å²) in [6.45, 7) is 0.374. The largest absolute Gasteiger partial charge is 0.326 e. The Morgan fingerprint density at radius 2 is 2.05 bits per heavy atom. The second-order valence-electron chi connectivity index (χ2n) is 3.98. The van der Waals surface area contributed by atoms with Crippen molar-refractivity contribution in [2.75, 3.05) is 5.32 Å². The highest BCUT2D eigenvalue weighted by Gasteiger charge is 2.12. The van der Waals surface area contributed by atoms with E-state index in [1.54, 1.807) is 18.2 Å². The highest BCUT2D eigenvalue weighted by atomic mass is 35.5. The molecule has 0 saturated carbocycles. The molecule has 0 atom stereocenters. The molecule has 19 heavy (non-hydrogen) atoms. The van der Waals surface area contributed by atoms with Gasteiger partial charge in [-0.05, 0) is 35.9 Å². The summed E-state index contributed by atoms with van der Waals surface area (Å²) in [4.78, 5) is 11.9. The van der Waals surface area contributed by atoms with Gasteiger partial charge < -0.3 is 11.1 Å². The normalized spacial score (nSPS) is 10.3. The Morgan fingerprint density at radius 1 is 1.26 bits per heavy atom. The predicted molar refractivity (Wildman–Crippen MR) is 73.7 cm³/mol. The number of hydrogen-bond donors (Lipinski definition) is 2. The second kappa shape index (κ2) is 5.82. The van der Waals surface area contributed by atoms with E-state index in [1.807, 2.05) is 6.07 Å². The summed E-state index contributed by atoms with van der Waals surface area (Å²) in [5.41, 5.74) is 6.92. The number of benzene rings is 2. The van der Waals surface area contributed by atoms with Gasteiger partial charge in [0, 0.05) is 17.3 Å². The molecule has 0 aliphatic heterocycles. The first kappa shape index (κ1) is 13.5. The molecule has 0 heterocycles. The lowest BCUT2D eigenvalue weighted by molar-refractivity contribution is 0.102. The van der Waals surface area contributed by atoms with Crippen LogP contribution in [0.1, 0.15) is 15.9 Å². The zero-order valence-corrected chi connectivity index (χ0v) is 10.7. The fourth-order valence-corrected chi connectivity index (χ4v) is 1.81. The van der Waals surface area contributed by atoms with Crippen molar-refractivity contribution in [1.82, 2.24) is 0 Å². The number of nitrogens with two attached hydrogens (primary N) is 1. The van der Waals surface area contributed by atoms with Crippen molar-refractivity contribution in [3.8, 4) is 0 Å². The molecule has 2 aromatic rings. The van der Waals surface area contributed by atoms with Gasteiger partial charge in [-0.25, -0.2) is 4.39 Å². The highest BCUT2D eigenvalue weighted by Crippen LogP contribution is 2.17. The van der Waals surface area contributed by atoms with E-state index in [2.05, 4.69) is 5.32 Å². The molecule has 0 aliphatic carbocycles. The van der Waals surface area contributed by atoms with E-state index in [-0.39, 0.29) is 10.6 Å². The van der Waals surface area contributed by atoms with Gasteiger partial charge in [0.1, 0.15) is 5.82 Å². The number of carbonyl (C=O) groups is 1. The maximum Gasteiger partial charge on any atom is 0.258 e. The Kier molecular flexibility index (Phi) is 4.14. The molecule has 3 nitrogen and oxygen atoms in total. The van der Waals surface area contributed by atoms with Crippen LogP contribution in [-0.4, -0.2) is 5.91 Å². The zero-order chi connectivity index (χ0) is 13.8. The molecule has 0 saturated heterocycles.